The second-order valence-corrected chi connectivity index (χ2v) is 7.51. The zero-order valence-corrected chi connectivity index (χ0v) is 13.7. The molecule has 0 amide bonds. The Morgan fingerprint density at radius 3 is 2.82 bits per heavy atom. The quantitative estimate of drug-likeness (QED) is 0.932. The van der Waals surface area contributed by atoms with Gasteiger partial charge < -0.3 is 9.73 Å². The molecule has 7 heteroatoms. The van der Waals surface area contributed by atoms with E-state index in [1.165, 1.54) is 10.4 Å². The average molecular weight is 341 g/mol. The van der Waals surface area contributed by atoms with Crippen molar-refractivity contribution in [1.82, 2.24) is 9.62 Å². The van der Waals surface area contributed by atoms with Gasteiger partial charge in [-0.05, 0) is 36.8 Å². The Hall–Kier alpha value is -1.34. The minimum absolute atomic E-state index is 0.0149. The van der Waals surface area contributed by atoms with Crippen LogP contribution >= 0.6 is 11.6 Å². The first kappa shape index (κ1) is 15.6. The van der Waals surface area contributed by atoms with Crippen LogP contribution < -0.4 is 5.32 Å². The van der Waals surface area contributed by atoms with Crippen LogP contribution in [0, 0.1) is 6.92 Å². The Kier molecular flexibility index (Phi) is 4.27. The summed E-state index contributed by atoms with van der Waals surface area (Å²) in [5.74, 6) is 0.577. The maximum Gasteiger partial charge on any atom is 0.277 e. The van der Waals surface area contributed by atoms with Crippen LogP contribution in [0.25, 0.3) is 0 Å². The lowest BCUT2D eigenvalue weighted by atomic mass is 10.1. The Balaban J connectivity index is 1.99. The third-order valence-corrected chi connectivity index (χ3v) is 5.72. The number of halogens is 1. The Morgan fingerprint density at radius 2 is 2.14 bits per heavy atom. The summed E-state index contributed by atoms with van der Waals surface area (Å²) in [5, 5.41) is 3.81. The van der Waals surface area contributed by atoms with Gasteiger partial charge in [-0.3, -0.25) is 0 Å². The van der Waals surface area contributed by atoms with E-state index in [-0.39, 0.29) is 11.1 Å². The Labute approximate surface area is 134 Å². The first-order valence-electron chi connectivity index (χ1n) is 7.03. The predicted molar refractivity (Wildman–Crippen MR) is 84.4 cm³/mol. The van der Waals surface area contributed by atoms with E-state index >= 15 is 0 Å². The fraction of sp³-hybridized carbons (Fsp3) is 0.333. The maximum absolute atomic E-state index is 12.8. The molecule has 1 aliphatic heterocycles. The van der Waals surface area contributed by atoms with Crippen molar-refractivity contribution in [3.63, 3.8) is 0 Å². The molecule has 3 rings (SSSR count). The van der Waals surface area contributed by atoms with E-state index in [4.69, 9.17) is 16.0 Å². The molecule has 1 aromatic carbocycles. The number of sulfonamides is 1. The molecular weight excluding hydrogens is 324 g/mol. The summed E-state index contributed by atoms with van der Waals surface area (Å²) in [6, 6.07) is 10.1. The van der Waals surface area contributed by atoms with Crippen molar-refractivity contribution in [3.8, 4) is 0 Å². The van der Waals surface area contributed by atoms with Crippen molar-refractivity contribution >= 4 is 21.6 Å². The molecule has 0 bridgehead atoms. The summed E-state index contributed by atoms with van der Waals surface area (Å²) in [5.41, 5.74) is 0.867. The van der Waals surface area contributed by atoms with Gasteiger partial charge in [0.1, 0.15) is 5.76 Å². The monoisotopic (exact) mass is 340 g/mol. The lowest BCUT2D eigenvalue weighted by Gasteiger charge is -2.34. The molecule has 118 valence electrons. The molecule has 1 aliphatic rings. The first-order chi connectivity index (χ1) is 10.5. The van der Waals surface area contributed by atoms with E-state index in [1.807, 2.05) is 12.1 Å². The molecule has 1 N–H and O–H groups in total. The lowest BCUT2D eigenvalue weighted by Crippen LogP contribution is -2.48. The summed E-state index contributed by atoms with van der Waals surface area (Å²) < 4.78 is 32.5. The van der Waals surface area contributed by atoms with E-state index in [0.29, 0.717) is 30.4 Å². The second kappa shape index (κ2) is 6.04. The first-order valence-corrected chi connectivity index (χ1v) is 8.85. The van der Waals surface area contributed by atoms with E-state index < -0.39 is 10.0 Å². The predicted octanol–water partition coefficient (Wildman–Crippen LogP) is 2.58. The molecule has 1 aromatic heterocycles. The number of piperazine rings is 1. The van der Waals surface area contributed by atoms with E-state index in [0.717, 1.165) is 5.56 Å². The number of hydrogen-bond acceptors (Lipinski definition) is 4. The van der Waals surface area contributed by atoms with Crippen LogP contribution in [-0.4, -0.2) is 32.4 Å². The van der Waals surface area contributed by atoms with Gasteiger partial charge in [-0.1, -0.05) is 23.7 Å². The molecule has 5 nitrogen and oxygen atoms in total. The van der Waals surface area contributed by atoms with Crippen LogP contribution in [0.1, 0.15) is 17.4 Å². The van der Waals surface area contributed by atoms with Gasteiger partial charge in [0.25, 0.3) is 10.0 Å². The van der Waals surface area contributed by atoms with Crippen LogP contribution in [-0.2, 0) is 10.0 Å². The molecule has 22 heavy (non-hydrogen) atoms. The van der Waals surface area contributed by atoms with Gasteiger partial charge >= 0.3 is 0 Å². The van der Waals surface area contributed by atoms with Crippen molar-refractivity contribution in [3.05, 3.63) is 52.7 Å². The highest BCUT2D eigenvalue weighted by Crippen LogP contribution is 2.30. The van der Waals surface area contributed by atoms with Gasteiger partial charge in [-0.2, -0.15) is 4.31 Å². The number of rotatable bonds is 3. The number of nitrogens with zero attached hydrogens (tertiary/aromatic N) is 1. The fourth-order valence-corrected chi connectivity index (χ4v) is 4.41. The highest BCUT2D eigenvalue weighted by atomic mass is 35.5. The second-order valence-electron chi connectivity index (χ2n) is 5.26. The van der Waals surface area contributed by atoms with Crippen LogP contribution in [0.4, 0.5) is 0 Å². The number of aryl methyl sites for hydroxylation is 1. The van der Waals surface area contributed by atoms with Gasteiger partial charge in [0.2, 0.25) is 5.09 Å². The van der Waals surface area contributed by atoms with Crippen molar-refractivity contribution in [2.24, 2.45) is 0 Å². The summed E-state index contributed by atoms with van der Waals surface area (Å²) >= 11 is 6.04. The molecule has 0 aliphatic carbocycles. The fourth-order valence-electron chi connectivity index (χ4n) is 2.64. The summed E-state index contributed by atoms with van der Waals surface area (Å²) in [6.07, 6.45) is 0. The summed E-state index contributed by atoms with van der Waals surface area (Å²) in [4.78, 5) is 0. The maximum atomic E-state index is 12.8. The minimum Gasteiger partial charge on any atom is -0.449 e. The zero-order chi connectivity index (χ0) is 15.7. The molecule has 2 aromatic rings. The summed E-state index contributed by atoms with van der Waals surface area (Å²) in [7, 11) is -3.67. The van der Waals surface area contributed by atoms with Crippen molar-refractivity contribution in [1.29, 1.82) is 0 Å². The minimum atomic E-state index is -3.67. The highest BCUT2D eigenvalue weighted by Gasteiger charge is 2.36. The molecule has 0 spiro atoms. The molecule has 1 atom stereocenters. The molecule has 1 saturated heterocycles. The molecule has 1 fully saturated rings. The van der Waals surface area contributed by atoms with Gasteiger partial charge in [-0.25, -0.2) is 8.42 Å². The largest absolute Gasteiger partial charge is 0.449 e. The Bertz CT molecular complexity index is 773. The third kappa shape index (κ3) is 2.92. The van der Waals surface area contributed by atoms with Crippen molar-refractivity contribution in [2.45, 2.75) is 18.1 Å². The lowest BCUT2D eigenvalue weighted by molar-refractivity contribution is 0.263. The molecular formula is C15H17ClN2O3S. The van der Waals surface area contributed by atoms with Crippen LogP contribution in [0.2, 0.25) is 5.02 Å². The average Bonchev–Trinajstić information content (AvgIpc) is 2.95. The third-order valence-electron chi connectivity index (χ3n) is 3.71. The van der Waals surface area contributed by atoms with Crippen LogP contribution in [0.5, 0.6) is 0 Å². The van der Waals surface area contributed by atoms with E-state index in [9.17, 15) is 8.42 Å². The van der Waals surface area contributed by atoms with Crippen LogP contribution in [0.15, 0.2) is 45.9 Å². The summed E-state index contributed by atoms with van der Waals surface area (Å²) in [6.45, 7) is 3.26. The number of hydrogen-bond donors (Lipinski definition) is 1. The highest BCUT2D eigenvalue weighted by molar-refractivity contribution is 7.89. The topological polar surface area (TPSA) is 62.6 Å². The molecule has 1 unspecified atom stereocenters. The molecule has 0 radical (unpaired) electrons. The standard InChI is InChI=1S/C15H17ClN2O3S/c1-11-5-6-15(21-11)22(19,20)18-8-7-17-10-14(18)12-3-2-4-13(16)9-12/h2-6,9,14,17H,7-8,10H2,1H3. The van der Waals surface area contributed by atoms with Crippen molar-refractivity contribution in [2.75, 3.05) is 19.6 Å². The van der Waals surface area contributed by atoms with Gasteiger partial charge in [0, 0.05) is 24.7 Å². The van der Waals surface area contributed by atoms with E-state index in [2.05, 4.69) is 5.32 Å². The van der Waals surface area contributed by atoms with Gasteiger partial charge in [0.05, 0.1) is 6.04 Å². The van der Waals surface area contributed by atoms with Crippen molar-refractivity contribution < 1.29 is 12.8 Å². The van der Waals surface area contributed by atoms with Crippen LogP contribution in [0.3, 0.4) is 0 Å². The number of benzene rings is 1. The van der Waals surface area contributed by atoms with Gasteiger partial charge in [0.15, 0.2) is 0 Å². The smallest absolute Gasteiger partial charge is 0.277 e. The van der Waals surface area contributed by atoms with Gasteiger partial charge in [-0.15, -0.1) is 0 Å². The molecule has 2 heterocycles. The number of furan rings is 1. The Morgan fingerprint density at radius 1 is 1.32 bits per heavy atom. The van der Waals surface area contributed by atoms with E-state index in [1.54, 1.807) is 25.1 Å². The molecule has 0 saturated carbocycles. The zero-order valence-electron chi connectivity index (χ0n) is 12.1. The normalized spacial score (nSPS) is 20.2. The SMILES string of the molecule is Cc1ccc(S(=O)(=O)N2CCNCC2c2cccc(Cl)c2)o1. The number of nitrogens with one attached hydrogen (secondary N) is 1.